The number of anilines is 1. The van der Waals surface area contributed by atoms with E-state index >= 15 is 4.39 Å². The number of ether oxygens (including phenoxy) is 3. The number of aliphatic carboxylic acids is 1. The molecule has 4 fully saturated rings. The van der Waals surface area contributed by atoms with Crippen LogP contribution in [0.5, 0.6) is 5.75 Å². The van der Waals surface area contributed by atoms with Gasteiger partial charge in [-0.15, -0.1) is 0 Å². The van der Waals surface area contributed by atoms with E-state index in [-0.39, 0.29) is 37.8 Å². The molecule has 13 heteroatoms. The lowest BCUT2D eigenvalue weighted by Gasteiger charge is -2.36. The van der Waals surface area contributed by atoms with Crippen LogP contribution >= 0.6 is 0 Å². The van der Waals surface area contributed by atoms with Crippen LogP contribution in [0.15, 0.2) is 42.5 Å². The third-order valence-corrected chi connectivity index (χ3v) is 12.0. The second kappa shape index (κ2) is 16.5. The molecule has 292 valence electrons. The minimum absolute atomic E-state index is 0.0565. The van der Waals surface area contributed by atoms with Gasteiger partial charge in [0.1, 0.15) is 5.75 Å². The summed E-state index contributed by atoms with van der Waals surface area (Å²) >= 11 is 0. The second-order valence-electron chi connectivity index (χ2n) is 15.1. The number of rotatable bonds is 12. The van der Waals surface area contributed by atoms with Gasteiger partial charge >= 0.3 is 12.1 Å². The number of methoxy groups -OCH3 is 1. The van der Waals surface area contributed by atoms with Crippen molar-refractivity contribution in [3.05, 3.63) is 59.2 Å². The standard InChI is InChI=1S/C40H53F4N3O6/c1-4-52-24-31-20-28(34-15-8-29(40(42,43)44)21-36(34)45-18-16-27(17-19-45)37(48)49)22-47(31)38(50)39(41)25-46(30-9-13-33(14-10-30)53-5-2)23-35(39)26-6-11-32(51-3)12-7-26/h6-8,11-12,15,21,27-28,30-31,33,35H,4-5,9-10,13-14,16-20,22-25H2,1-3H3,(H,48,49)/t28-,30?,31+,33?,35+,39+/m1/s1. The number of alkyl halides is 4. The summed E-state index contributed by atoms with van der Waals surface area (Å²) in [6.07, 6.45) is 0.0914. The molecule has 3 heterocycles. The third-order valence-electron chi connectivity index (χ3n) is 12.0. The molecule has 4 atom stereocenters. The van der Waals surface area contributed by atoms with Crippen LogP contribution in [0.25, 0.3) is 0 Å². The van der Waals surface area contributed by atoms with Crippen molar-refractivity contribution in [2.24, 2.45) is 5.92 Å². The zero-order valence-electron chi connectivity index (χ0n) is 31.0. The predicted octanol–water partition coefficient (Wildman–Crippen LogP) is 6.89. The van der Waals surface area contributed by atoms with E-state index in [0.29, 0.717) is 74.7 Å². The SMILES string of the molecule is CCOC[C@@H]1C[C@@H](c2ccc(C(F)(F)F)cc2N2CCC(C(=O)O)CC2)CN1C(=O)[C@]1(F)CN(C2CCC(OCC)CC2)C[C@H]1c1ccc(OC)cc1. The van der Waals surface area contributed by atoms with Crippen LogP contribution in [0.2, 0.25) is 0 Å². The highest BCUT2D eigenvalue weighted by Crippen LogP contribution is 2.47. The predicted molar refractivity (Wildman–Crippen MR) is 192 cm³/mol. The highest BCUT2D eigenvalue weighted by Gasteiger charge is 2.58. The maximum atomic E-state index is 18.1. The first-order chi connectivity index (χ1) is 25.4. The summed E-state index contributed by atoms with van der Waals surface area (Å²) in [7, 11) is 1.57. The molecule has 1 amide bonds. The van der Waals surface area contributed by atoms with Gasteiger partial charge in [-0.05, 0) is 94.2 Å². The Morgan fingerprint density at radius 1 is 0.943 bits per heavy atom. The molecule has 9 nitrogen and oxygen atoms in total. The number of carbonyl (C=O) groups is 2. The Labute approximate surface area is 309 Å². The fourth-order valence-electron chi connectivity index (χ4n) is 9.11. The van der Waals surface area contributed by atoms with Crippen molar-refractivity contribution in [3.63, 3.8) is 0 Å². The molecule has 1 aliphatic carbocycles. The monoisotopic (exact) mass is 747 g/mol. The first-order valence-electron chi connectivity index (χ1n) is 19.1. The molecule has 3 aliphatic heterocycles. The van der Waals surface area contributed by atoms with E-state index in [1.165, 1.54) is 6.07 Å². The van der Waals surface area contributed by atoms with Crippen molar-refractivity contribution in [2.75, 3.05) is 64.6 Å². The van der Waals surface area contributed by atoms with Crippen LogP contribution in [0, 0.1) is 5.92 Å². The van der Waals surface area contributed by atoms with Crippen LogP contribution in [0.1, 0.15) is 87.3 Å². The smallest absolute Gasteiger partial charge is 0.416 e. The van der Waals surface area contributed by atoms with Crippen LogP contribution in [-0.4, -0.2) is 110 Å². The molecule has 4 aliphatic rings. The fourth-order valence-corrected chi connectivity index (χ4v) is 9.11. The lowest BCUT2D eigenvalue weighted by atomic mass is 9.85. The maximum Gasteiger partial charge on any atom is 0.416 e. The lowest BCUT2D eigenvalue weighted by molar-refractivity contribution is -0.146. The zero-order chi connectivity index (χ0) is 37.9. The number of likely N-dealkylation sites (tertiary alicyclic amines) is 2. The van der Waals surface area contributed by atoms with Crippen molar-refractivity contribution in [1.29, 1.82) is 0 Å². The van der Waals surface area contributed by atoms with Crippen LogP contribution in [0.4, 0.5) is 23.2 Å². The van der Waals surface area contributed by atoms with E-state index in [2.05, 4.69) is 4.90 Å². The van der Waals surface area contributed by atoms with E-state index in [0.717, 1.165) is 37.8 Å². The Kier molecular flexibility index (Phi) is 12.2. The molecule has 2 aromatic rings. The summed E-state index contributed by atoms with van der Waals surface area (Å²) in [5.74, 6) is -2.57. The average molecular weight is 748 g/mol. The fraction of sp³-hybridized carbons (Fsp3) is 0.650. The molecule has 6 rings (SSSR count). The van der Waals surface area contributed by atoms with Crippen molar-refractivity contribution >= 4 is 17.6 Å². The van der Waals surface area contributed by atoms with E-state index in [1.54, 1.807) is 24.1 Å². The molecule has 0 unspecified atom stereocenters. The normalized spacial score (nSPS) is 28.8. The van der Waals surface area contributed by atoms with Crippen molar-refractivity contribution < 1.29 is 46.5 Å². The summed E-state index contributed by atoms with van der Waals surface area (Å²) < 4.78 is 77.2. The number of hydrogen-bond acceptors (Lipinski definition) is 7. The number of nitrogens with zero attached hydrogens (tertiary/aromatic N) is 3. The van der Waals surface area contributed by atoms with E-state index in [4.69, 9.17) is 14.2 Å². The van der Waals surface area contributed by atoms with Gasteiger partial charge in [-0.2, -0.15) is 13.2 Å². The number of benzene rings is 2. The molecule has 0 aromatic heterocycles. The Balaban J connectivity index is 1.31. The third kappa shape index (κ3) is 8.47. The molecule has 0 bridgehead atoms. The highest BCUT2D eigenvalue weighted by molar-refractivity contribution is 5.88. The average Bonchev–Trinajstić information content (AvgIpc) is 3.75. The number of carboxylic acid groups (broad SMARTS) is 1. The minimum atomic E-state index is -4.57. The largest absolute Gasteiger partial charge is 0.497 e. The molecular weight excluding hydrogens is 694 g/mol. The lowest BCUT2D eigenvalue weighted by Crippen LogP contribution is -2.53. The topological polar surface area (TPSA) is 91.8 Å². The summed E-state index contributed by atoms with van der Waals surface area (Å²) in [4.78, 5) is 32.1. The van der Waals surface area contributed by atoms with Crippen molar-refractivity contribution in [3.8, 4) is 5.75 Å². The molecule has 53 heavy (non-hydrogen) atoms. The van der Waals surface area contributed by atoms with E-state index in [9.17, 15) is 27.9 Å². The Morgan fingerprint density at radius 2 is 1.64 bits per heavy atom. The second-order valence-corrected chi connectivity index (χ2v) is 15.1. The molecular formula is C40H53F4N3O6. The highest BCUT2D eigenvalue weighted by atomic mass is 19.4. The van der Waals surface area contributed by atoms with Crippen molar-refractivity contribution in [1.82, 2.24) is 9.80 Å². The number of carboxylic acids is 1. The molecule has 0 radical (unpaired) electrons. The van der Waals surface area contributed by atoms with Crippen molar-refractivity contribution in [2.45, 2.75) is 101 Å². The number of hydrogen-bond donors (Lipinski definition) is 1. The minimum Gasteiger partial charge on any atom is -0.497 e. The first-order valence-corrected chi connectivity index (χ1v) is 19.1. The van der Waals surface area contributed by atoms with Gasteiger partial charge in [0.15, 0.2) is 0 Å². The number of piperidine rings is 1. The Morgan fingerprint density at radius 3 is 2.25 bits per heavy atom. The van der Waals surface area contributed by atoms with Gasteiger partial charge in [0, 0.05) is 69.5 Å². The first kappa shape index (κ1) is 39.3. The number of halogens is 4. The quantitative estimate of drug-likeness (QED) is 0.235. The summed E-state index contributed by atoms with van der Waals surface area (Å²) in [6, 6.07) is 10.5. The molecule has 0 spiro atoms. The molecule has 3 saturated heterocycles. The van der Waals surface area contributed by atoms with Gasteiger partial charge in [0.2, 0.25) is 5.67 Å². The van der Waals surface area contributed by atoms with Gasteiger partial charge in [0.25, 0.3) is 5.91 Å². The number of carbonyl (C=O) groups excluding carboxylic acids is 1. The zero-order valence-corrected chi connectivity index (χ0v) is 31.0. The Bertz CT molecular complexity index is 1560. The van der Waals surface area contributed by atoms with Gasteiger partial charge in [-0.25, -0.2) is 4.39 Å². The molecule has 1 N–H and O–H groups in total. The number of amides is 1. The van der Waals surface area contributed by atoms with Crippen LogP contribution in [-0.2, 0) is 25.2 Å². The maximum absolute atomic E-state index is 18.1. The molecule has 1 saturated carbocycles. The summed E-state index contributed by atoms with van der Waals surface area (Å²) in [5.41, 5.74) is -1.31. The van der Waals surface area contributed by atoms with Crippen LogP contribution < -0.4 is 9.64 Å². The Hall–Kier alpha value is -3.42. The van der Waals surface area contributed by atoms with E-state index in [1.807, 2.05) is 30.9 Å². The van der Waals surface area contributed by atoms with Gasteiger partial charge in [-0.1, -0.05) is 18.2 Å². The van der Waals surface area contributed by atoms with Gasteiger partial charge in [-0.3, -0.25) is 14.5 Å². The van der Waals surface area contributed by atoms with E-state index < -0.39 is 47.2 Å². The molecule has 2 aromatic carbocycles. The summed E-state index contributed by atoms with van der Waals surface area (Å²) in [6.45, 7) is 6.08. The van der Waals surface area contributed by atoms with Crippen LogP contribution in [0.3, 0.4) is 0 Å². The summed E-state index contributed by atoms with van der Waals surface area (Å²) in [5, 5.41) is 9.54. The van der Waals surface area contributed by atoms with Gasteiger partial charge < -0.3 is 29.1 Å². The van der Waals surface area contributed by atoms with Gasteiger partial charge in [0.05, 0.1) is 37.3 Å².